The van der Waals surface area contributed by atoms with Gasteiger partial charge in [-0.1, -0.05) is 0 Å². The molecule has 4 heteroatoms. The maximum Gasteiger partial charge on any atom is 0.154 e. The third kappa shape index (κ3) is 0.956. The first kappa shape index (κ1) is 7.49. The van der Waals surface area contributed by atoms with E-state index in [1.54, 1.807) is 0 Å². The Kier molecular flexibility index (Phi) is 1.51. The summed E-state index contributed by atoms with van der Waals surface area (Å²) < 4.78 is 0. The van der Waals surface area contributed by atoms with Gasteiger partial charge in [0.1, 0.15) is 0 Å². The highest BCUT2D eigenvalue weighted by molar-refractivity contribution is 5.97. The van der Waals surface area contributed by atoms with E-state index in [1.807, 2.05) is 23.5 Å². The number of nitrogens with zero attached hydrogens (tertiary/aromatic N) is 3. The van der Waals surface area contributed by atoms with Crippen LogP contribution in [0.3, 0.4) is 0 Å². The van der Waals surface area contributed by atoms with Gasteiger partial charge >= 0.3 is 0 Å². The molecule has 1 unspecified atom stereocenters. The lowest BCUT2D eigenvalue weighted by atomic mass is 10.1. The van der Waals surface area contributed by atoms with Crippen LogP contribution in [0.2, 0.25) is 0 Å². The number of nitrogens with two attached hydrogens (primary N) is 1. The summed E-state index contributed by atoms with van der Waals surface area (Å²) in [5, 5.41) is 6.04. The summed E-state index contributed by atoms with van der Waals surface area (Å²) in [7, 11) is 0. The van der Waals surface area contributed by atoms with Crippen LogP contribution >= 0.6 is 0 Å². The van der Waals surface area contributed by atoms with Crippen molar-refractivity contribution in [3.05, 3.63) is 12.3 Å². The van der Waals surface area contributed by atoms with Gasteiger partial charge < -0.3 is 5.73 Å². The molecular formula is C8H12N4. The van der Waals surface area contributed by atoms with Crippen LogP contribution in [0.1, 0.15) is 13.3 Å². The Morgan fingerprint density at radius 3 is 3.33 bits per heavy atom. The summed E-state index contributed by atoms with van der Waals surface area (Å²) in [6.45, 7) is 2.55. The van der Waals surface area contributed by atoms with E-state index in [4.69, 9.17) is 5.73 Å². The normalized spacial score (nSPS) is 32.2. The van der Waals surface area contributed by atoms with Crippen LogP contribution in [0.4, 0.5) is 0 Å². The van der Waals surface area contributed by atoms with Gasteiger partial charge in [0.2, 0.25) is 0 Å². The first-order chi connectivity index (χ1) is 5.74. The van der Waals surface area contributed by atoms with Crippen molar-refractivity contribution in [3.63, 3.8) is 0 Å². The Morgan fingerprint density at radius 2 is 2.58 bits per heavy atom. The van der Waals surface area contributed by atoms with E-state index in [1.165, 1.54) is 0 Å². The van der Waals surface area contributed by atoms with Gasteiger partial charge in [-0.05, 0) is 13.0 Å². The molecule has 0 bridgehead atoms. The van der Waals surface area contributed by atoms with Crippen LogP contribution < -0.4 is 5.73 Å². The average molecular weight is 164 g/mol. The van der Waals surface area contributed by atoms with Gasteiger partial charge in [-0.2, -0.15) is 5.10 Å². The predicted octanol–water partition coefficient (Wildman–Crippen LogP) is 0.321. The molecule has 2 rings (SSSR count). The highest BCUT2D eigenvalue weighted by atomic mass is 15.5. The van der Waals surface area contributed by atoms with E-state index in [2.05, 4.69) is 17.0 Å². The summed E-state index contributed by atoms with van der Waals surface area (Å²) in [5.74, 6) is 0. The van der Waals surface area contributed by atoms with Gasteiger partial charge in [-0.25, -0.2) is 5.01 Å². The molecule has 0 aromatic carbocycles. The summed E-state index contributed by atoms with van der Waals surface area (Å²) in [6.07, 6.45) is 6.58. The smallest absolute Gasteiger partial charge is 0.154 e. The molecule has 64 valence electrons. The molecule has 0 saturated carbocycles. The molecule has 0 aromatic heterocycles. The molecule has 2 aliphatic rings. The first-order valence-electron chi connectivity index (χ1n) is 4.03. The summed E-state index contributed by atoms with van der Waals surface area (Å²) >= 11 is 0. The molecule has 0 saturated heterocycles. The average Bonchev–Trinajstić information content (AvgIpc) is 2.44. The van der Waals surface area contributed by atoms with E-state index in [-0.39, 0.29) is 5.66 Å². The van der Waals surface area contributed by atoms with Crippen molar-refractivity contribution in [2.45, 2.75) is 19.0 Å². The predicted molar refractivity (Wildman–Crippen MR) is 49.0 cm³/mol. The molecule has 1 atom stereocenters. The van der Waals surface area contributed by atoms with Gasteiger partial charge in [0.15, 0.2) is 5.66 Å². The van der Waals surface area contributed by atoms with Crippen molar-refractivity contribution in [2.75, 3.05) is 6.54 Å². The van der Waals surface area contributed by atoms with Crippen molar-refractivity contribution < 1.29 is 0 Å². The SMILES string of the molecule is CC12CC=NN1C=CC(CN)=N2. The Labute approximate surface area is 71.5 Å². The monoisotopic (exact) mass is 164 g/mol. The van der Waals surface area contributed by atoms with E-state index >= 15 is 0 Å². The zero-order chi connectivity index (χ0) is 8.60. The minimum atomic E-state index is -0.205. The minimum absolute atomic E-state index is 0.205. The fourth-order valence-electron chi connectivity index (χ4n) is 1.43. The highest BCUT2D eigenvalue weighted by Crippen LogP contribution is 2.28. The fourth-order valence-corrected chi connectivity index (χ4v) is 1.43. The molecular weight excluding hydrogens is 152 g/mol. The van der Waals surface area contributed by atoms with Gasteiger partial charge in [0.25, 0.3) is 0 Å². The maximum absolute atomic E-state index is 5.50. The van der Waals surface area contributed by atoms with Crippen LogP contribution in [0.5, 0.6) is 0 Å². The van der Waals surface area contributed by atoms with Gasteiger partial charge in [0, 0.05) is 25.4 Å². The Bertz CT molecular complexity index is 279. The number of hydrazone groups is 1. The molecule has 0 aromatic rings. The zero-order valence-corrected chi connectivity index (χ0v) is 7.07. The van der Waals surface area contributed by atoms with E-state index < -0.39 is 0 Å². The number of rotatable bonds is 1. The molecule has 2 aliphatic heterocycles. The lowest BCUT2D eigenvalue weighted by Crippen LogP contribution is -2.38. The van der Waals surface area contributed by atoms with E-state index in [0.29, 0.717) is 6.54 Å². The van der Waals surface area contributed by atoms with E-state index in [9.17, 15) is 0 Å². The number of hydrogen-bond acceptors (Lipinski definition) is 4. The second-order valence-corrected chi connectivity index (χ2v) is 3.19. The molecule has 4 nitrogen and oxygen atoms in total. The third-order valence-electron chi connectivity index (χ3n) is 2.18. The summed E-state index contributed by atoms with van der Waals surface area (Å²) in [4.78, 5) is 4.50. The van der Waals surface area contributed by atoms with Gasteiger partial charge in [-0.15, -0.1) is 0 Å². The largest absolute Gasteiger partial charge is 0.325 e. The molecule has 0 spiro atoms. The van der Waals surface area contributed by atoms with Gasteiger partial charge in [-0.3, -0.25) is 4.99 Å². The molecule has 0 radical (unpaired) electrons. The van der Waals surface area contributed by atoms with Crippen molar-refractivity contribution in [1.29, 1.82) is 0 Å². The topological polar surface area (TPSA) is 54.0 Å². The van der Waals surface area contributed by atoms with E-state index in [0.717, 1.165) is 12.1 Å². The standard InChI is InChI=1S/C8H12N4/c1-8-3-4-10-12(8)5-2-7(6-9)11-8/h2,4-5H,3,6,9H2,1H3. The molecule has 2 N–H and O–H groups in total. The van der Waals surface area contributed by atoms with Crippen molar-refractivity contribution in [3.8, 4) is 0 Å². The minimum Gasteiger partial charge on any atom is -0.325 e. The van der Waals surface area contributed by atoms with Crippen LogP contribution in [0.25, 0.3) is 0 Å². The highest BCUT2D eigenvalue weighted by Gasteiger charge is 2.34. The summed E-state index contributed by atoms with van der Waals surface area (Å²) in [5.41, 5.74) is 6.24. The molecule has 0 fully saturated rings. The second-order valence-electron chi connectivity index (χ2n) is 3.19. The van der Waals surface area contributed by atoms with Crippen molar-refractivity contribution in [2.24, 2.45) is 15.8 Å². The van der Waals surface area contributed by atoms with Crippen LogP contribution in [-0.4, -0.2) is 29.1 Å². The lowest BCUT2D eigenvalue weighted by Gasteiger charge is -2.31. The lowest BCUT2D eigenvalue weighted by molar-refractivity contribution is 0.209. The van der Waals surface area contributed by atoms with Gasteiger partial charge in [0.05, 0.1) is 5.71 Å². The molecule has 2 heterocycles. The summed E-state index contributed by atoms with van der Waals surface area (Å²) in [6, 6.07) is 0. The van der Waals surface area contributed by atoms with Crippen LogP contribution in [0.15, 0.2) is 22.4 Å². The Hall–Kier alpha value is -1.16. The Balaban J connectivity index is 2.30. The molecule has 0 amide bonds. The van der Waals surface area contributed by atoms with Crippen molar-refractivity contribution in [1.82, 2.24) is 5.01 Å². The Morgan fingerprint density at radius 1 is 1.75 bits per heavy atom. The second kappa shape index (κ2) is 2.42. The fraction of sp³-hybridized carbons (Fsp3) is 0.500. The maximum atomic E-state index is 5.50. The number of aliphatic imine (C=N–C) groups is 1. The van der Waals surface area contributed by atoms with Crippen molar-refractivity contribution >= 4 is 11.9 Å². The number of hydrogen-bond donors (Lipinski definition) is 1. The quantitative estimate of drug-likeness (QED) is 0.606. The molecule has 0 aliphatic carbocycles. The van der Waals surface area contributed by atoms with Crippen LogP contribution in [-0.2, 0) is 0 Å². The third-order valence-corrected chi connectivity index (χ3v) is 2.18. The van der Waals surface area contributed by atoms with Crippen LogP contribution in [0, 0.1) is 0 Å². The number of fused-ring (bicyclic) bond motifs is 1. The zero-order valence-electron chi connectivity index (χ0n) is 7.07. The first-order valence-corrected chi connectivity index (χ1v) is 4.03. The molecule has 12 heavy (non-hydrogen) atoms.